The second-order valence-electron chi connectivity index (χ2n) is 6.02. The van der Waals surface area contributed by atoms with E-state index in [2.05, 4.69) is 17.1 Å². The molecule has 0 unspecified atom stereocenters. The van der Waals surface area contributed by atoms with Gasteiger partial charge in [-0.1, -0.05) is 12.2 Å². The molecule has 0 aromatic carbocycles. The fourth-order valence-corrected chi connectivity index (χ4v) is 3.84. The van der Waals surface area contributed by atoms with Gasteiger partial charge in [0.05, 0.1) is 0 Å². The van der Waals surface area contributed by atoms with Crippen molar-refractivity contribution in [3.8, 4) is 0 Å². The van der Waals surface area contributed by atoms with E-state index in [0.29, 0.717) is 0 Å². The van der Waals surface area contributed by atoms with Crippen LogP contribution in [0.25, 0.3) is 0 Å². The molecule has 0 aromatic heterocycles. The molecule has 2 N–H and O–H groups in total. The lowest BCUT2D eigenvalue weighted by Crippen LogP contribution is -2.41. The maximum atomic E-state index is 11.1. The molecule has 1 heterocycles. The average molecular weight is 234 g/mol. The summed E-state index contributed by atoms with van der Waals surface area (Å²) in [4.78, 5) is 13.6. The van der Waals surface area contributed by atoms with E-state index in [9.17, 15) is 4.79 Å². The van der Waals surface area contributed by atoms with Crippen LogP contribution in [0.3, 0.4) is 0 Å². The molecule has 1 saturated carbocycles. The number of nitrogens with two attached hydrogens (primary N) is 1. The lowest BCUT2D eigenvalue weighted by atomic mass is 9.91. The topological polar surface area (TPSA) is 46.3 Å². The number of nitrogens with zero attached hydrogens (tertiary/aromatic N) is 1. The third-order valence-corrected chi connectivity index (χ3v) is 4.90. The smallest absolute Gasteiger partial charge is 0.220 e. The van der Waals surface area contributed by atoms with Crippen molar-refractivity contribution in [3.63, 3.8) is 0 Å². The number of carbonyl (C=O) groups is 1. The Bertz CT molecular complexity index is 331. The first-order chi connectivity index (χ1) is 8.22. The van der Waals surface area contributed by atoms with Crippen LogP contribution in [-0.4, -0.2) is 30.4 Å². The van der Waals surface area contributed by atoms with Crippen molar-refractivity contribution in [2.75, 3.05) is 19.6 Å². The van der Waals surface area contributed by atoms with Crippen molar-refractivity contribution in [3.05, 3.63) is 12.2 Å². The van der Waals surface area contributed by atoms with Crippen molar-refractivity contribution in [1.82, 2.24) is 4.90 Å². The van der Waals surface area contributed by atoms with Crippen molar-refractivity contribution in [1.29, 1.82) is 0 Å². The van der Waals surface area contributed by atoms with E-state index in [1.54, 1.807) is 0 Å². The SMILES string of the molecule is NC(=O)C1CCN(C[C@H]2C[C@H]3C=C[C@H]2C3)CC1. The number of hydrogen-bond donors (Lipinski definition) is 1. The van der Waals surface area contributed by atoms with Gasteiger partial charge in [-0.3, -0.25) is 4.79 Å². The second-order valence-corrected chi connectivity index (χ2v) is 6.02. The fourth-order valence-electron chi connectivity index (χ4n) is 3.84. The molecule has 2 fully saturated rings. The molecule has 3 rings (SSSR count). The van der Waals surface area contributed by atoms with Gasteiger partial charge in [0.15, 0.2) is 0 Å². The fraction of sp³-hybridized carbons (Fsp3) is 0.786. The first kappa shape index (κ1) is 11.3. The number of amides is 1. The van der Waals surface area contributed by atoms with Gasteiger partial charge in [0.2, 0.25) is 5.91 Å². The predicted molar refractivity (Wildman–Crippen MR) is 67.2 cm³/mol. The van der Waals surface area contributed by atoms with Gasteiger partial charge in [-0.05, 0) is 56.5 Å². The Morgan fingerprint density at radius 3 is 2.53 bits per heavy atom. The molecule has 3 atom stereocenters. The lowest BCUT2D eigenvalue weighted by Gasteiger charge is -2.33. The first-order valence-electron chi connectivity index (χ1n) is 6.92. The zero-order chi connectivity index (χ0) is 11.8. The van der Waals surface area contributed by atoms with E-state index < -0.39 is 0 Å². The number of likely N-dealkylation sites (tertiary alicyclic amines) is 1. The number of carbonyl (C=O) groups excluding carboxylic acids is 1. The summed E-state index contributed by atoms with van der Waals surface area (Å²) in [5.74, 6) is 2.61. The zero-order valence-corrected chi connectivity index (χ0v) is 10.3. The van der Waals surface area contributed by atoms with Gasteiger partial charge in [0, 0.05) is 12.5 Å². The Kier molecular flexibility index (Phi) is 2.95. The molecule has 17 heavy (non-hydrogen) atoms. The van der Waals surface area contributed by atoms with E-state index >= 15 is 0 Å². The Labute approximate surface area is 103 Å². The summed E-state index contributed by atoms with van der Waals surface area (Å²) >= 11 is 0. The molecule has 3 aliphatic rings. The highest BCUT2D eigenvalue weighted by atomic mass is 16.1. The molecule has 1 saturated heterocycles. The van der Waals surface area contributed by atoms with Crippen LogP contribution in [0.1, 0.15) is 25.7 Å². The minimum absolute atomic E-state index is 0.104. The van der Waals surface area contributed by atoms with Crippen molar-refractivity contribution >= 4 is 5.91 Å². The van der Waals surface area contributed by atoms with Crippen LogP contribution in [0.15, 0.2) is 12.2 Å². The molecular formula is C14H22N2O. The van der Waals surface area contributed by atoms with Gasteiger partial charge >= 0.3 is 0 Å². The average Bonchev–Trinajstić information content (AvgIpc) is 2.91. The molecule has 94 valence electrons. The zero-order valence-electron chi connectivity index (χ0n) is 10.3. The number of rotatable bonds is 3. The van der Waals surface area contributed by atoms with Crippen LogP contribution in [0.2, 0.25) is 0 Å². The van der Waals surface area contributed by atoms with E-state index in [1.807, 2.05) is 0 Å². The quantitative estimate of drug-likeness (QED) is 0.750. The maximum Gasteiger partial charge on any atom is 0.220 e. The Balaban J connectivity index is 1.48. The largest absolute Gasteiger partial charge is 0.369 e. The molecule has 3 nitrogen and oxygen atoms in total. The molecule has 2 bridgehead atoms. The molecule has 3 heteroatoms. The van der Waals surface area contributed by atoms with Crippen molar-refractivity contribution < 1.29 is 4.79 Å². The first-order valence-corrected chi connectivity index (χ1v) is 6.92. The monoisotopic (exact) mass is 234 g/mol. The number of allylic oxidation sites excluding steroid dienone is 2. The normalized spacial score (nSPS) is 37.8. The molecule has 1 aliphatic heterocycles. The lowest BCUT2D eigenvalue weighted by molar-refractivity contribution is -0.123. The van der Waals surface area contributed by atoms with Crippen LogP contribution in [0.4, 0.5) is 0 Å². The summed E-state index contributed by atoms with van der Waals surface area (Å²) in [6.45, 7) is 3.35. The number of fused-ring (bicyclic) bond motifs is 2. The minimum atomic E-state index is -0.104. The van der Waals surface area contributed by atoms with Gasteiger partial charge in [0.25, 0.3) is 0 Å². The van der Waals surface area contributed by atoms with Crippen LogP contribution in [-0.2, 0) is 4.79 Å². The molecule has 1 amide bonds. The summed E-state index contributed by atoms with van der Waals surface area (Å²) in [6, 6.07) is 0. The highest BCUT2D eigenvalue weighted by Gasteiger charge is 2.36. The summed E-state index contributed by atoms with van der Waals surface area (Å²) < 4.78 is 0. The molecule has 0 spiro atoms. The van der Waals surface area contributed by atoms with Crippen LogP contribution >= 0.6 is 0 Å². The van der Waals surface area contributed by atoms with Gasteiger partial charge in [-0.25, -0.2) is 0 Å². The van der Waals surface area contributed by atoms with Crippen LogP contribution in [0.5, 0.6) is 0 Å². The van der Waals surface area contributed by atoms with E-state index in [0.717, 1.165) is 43.7 Å². The van der Waals surface area contributed by atoms with E-state index in [-0.39, 0.29) is 11.8 Å². The Hall–Kier alpha value is -0.830. The standard InChI is InChI=1S/C14H22N2O/c15-14(17)11-3-5-16(6-4-11)9-13-8-10-1-2-12(13)7-10/h1-2,10-13H,3-9H2,(H2,15,17)/t10-,12-,13+/m0/s1. The van der Waals surface area contributed by atoms with E-state index in [1.165, 1.54) is 19.4 Å². The highest BCUT2D eigenvalue weighted by Crippen LogP contribution is 2.43. The van der Waals surface area contributed by atoms with Crippen molar-refractivity contribution in [2.24, 2.45) is 29.4 Å². The van der Waals surface area contributed by atoms with Gasteiger partial charge in [0.1, 0.15) is 0 Å². The van der Waals surface area contributed by atoms with Crippen molar-refractivity contribution in [2.45, 2.75) is 25.7 Å². The third-order valence-electron chi connectivity index (χ3n) is 4.90. The molecule has 2 aliphatic carbocycles. The summed E-state index contributed by atoms with van der Waals surface area (Å²) in [5, 5.41) is 0. The van der Waals surface area contributed by atoms with Gasteiger partial charge in [-0.2, -0.15) is 0 Å². The highest BCUT2D eigenvalue weighted by molar-refractivity contribution is 5.76. The maximum absolute atomic E-state index is 11.1. The van der Waals surface area contributed by atoms with Gasteiger partial charge in [-0.15, -0.1) is 0 Å². The number of primary amides is 1. The Morgan fingerprint density at radius 2 is 2.00 bits per heavy atom. The number of piperidine rings is 1. The predicted octanol–water partition coefficient (Wildman–Crippen LogP) is 1.40. The summed E-state index contributed by atoms with van der Waals surface area (Å²) in [5.41, 5.74) is 5.36. The van der Waals surface area contributed by atoms with Crippen LogP contribution < -0.4 is 5.73 Å². The van der Waals surface area contributed by atoms with Crippen LogP contribution in [0, 0.1) is 23.7 Å². The van der Waals surface area contributed by atoms with E-state index in [4.69, 9.17) is 5.73 Å². The minimum Gasteiger partial charge on any atom is -0.369 e. The second kappa shape index (κ2) is 4.45. The molecular weight excluding hydrogens is 212 g/mol. The molecule has 0 radical (unpaired) electrons. The third kappa shape index (κ3) is 2.25. The summed E-state index contributed by atoms with van der Waals surface area (Å²) in [6.07, 6.45) is 9.53. The molecule has 0 aromatic rings. The Morgan fingerprint density at radius 1 is 1.24 bits per heavy atom. The number of hydrogen-bond acceptors (Lipinski definition) is 2. The van der Waals surface area contributed by atoms with Gasteiger partial charge < -0.3 is 10.6 Å². The summed E-state index contributed by atoms with van der Waals surface area (Å²) in [7, 11) is 0.